The van der Waals surface area contributed by atoms with Crippen molar-refractivity contribution in [3.05, 3.63) is 53.6 Å². The van der Waals surface area contributed by atoms with Gasteiger partial charge in [-0.3, -0.25) is 0 Å². The molecule has 0 aliphatic heterocycles. The van der Waals surface area contributed by atoms with Crippen molar-refractivity contribution >= 4 is 0 Å². The summed E-state index contributed by atoms with van der Waals surface area (Å²) in [4.78, 5) is 0. The number of methoxy groups -OCH3 is 1. The summed E-state index contributed by atoms with van der Waals surface area (Å²) in [5.41, 5.74) is 1.75. The number of ether oxygens (including phenoxy) is 2. The van der Waals surface area contributed by atoms with E-state index >= 15 is 0 Å². The summed E-state index contributed by atoms with van der Waals surface area (Å²) in [6.07, 6.45) is 4.40. The summed E-state index contributed by atoms with van der Waals surface area (Å²) >= 11 is 0. The minimum Gasteiger partial charge on any atom is -0.508 e. The van der Waals surface area contributed by atoms with Crippen molar-refractivity contribution in [3.8, 4) is 17.2 Å². The number of benzene rings is 2. The highest BCUT2D eigenvalue weighted by Crippen LogP contribution is 2.24. The van der Waals surface area contributed by atoms with Crippen LogP contribution in [0.4, 0.5) is 0 Å². The Balaban J connectivity index is 1.49. The molecule has 2 aromatic rings. The van der Waals surface area contributed by atoms with Crippen molar-refractivity contribution in [1.29, 1.82) is 0 Å². The molecule has 6 heteroatoms. The molecule has 2 unspecified atom stereocenters. The summed E-state index contributed by atoms with van der Waals surface area (Å²) < 4.78 is 10.9. The maximum Gasteiger partial charge on any atom is 0.119 e. The van der Waals surface area contributed by atoms with Gasteiger partial charge in [0.1, 0.15) is 17.2 Å². The number of unbranched alkanes of at least 4 members (excludes halogenated alkanes) is 2. The van der Waals surface area contributed by atoms with Gasteiger partial charge in [0, 0.05) is 25.3 Å². The Bertz CT molecular complexity index is 715. The lowest BCUT2D eigenvalue weighted by atomic mass is 10.1. The Morgan fingerprint density at radius 2 is 1.63 bits per heavy atom. The Hall–Kier alpha value is -2.28. The van der Waals surface area contributed by atoms with Crippen LogP contribution in [-0.2, 0) is 11.2 Å². The largest absolute Gasteiger partial charge is 0.508 e. The minimum absolute atomic E-state index is 0.0525. The first kappa shape index (κ1) is 24.0. The number of phenolic OH excluding ortho intramolecular Hbond substituents is 2. The van der Waals surface area contributed by atoms with Crippen molar-refractivity contribution in [1.82, 2.24) is 5.32 Å². The lowest BCUT2D eigenvalue weighted by Gasteiger charge is -2.18. The van der Waals surface area contributed by atoms with E-state index in [1.165, 1.54) is 23.8 Å². The molecule has 0 aliphatic rings. The highest BCUT2D eigenvalue weighted by atomic mass is 16.5. The zero-order chi connectivity index (χ0) is 21.8. The molecule has 0 fully saturated rings. The molecule has 0 aromatic heterocycles. The van der Waals surface area contributed by atoms with E-state index in [2.05, 4.69) is 24.4 Å². The Labute approximate surface area is 179 Å². The smallest absolute Gasteiger partial charge is 0.119 e. The molecule has 0 saturated carbocycles. The van der Waals surface area contributed by atoms with Gasteiger partial charge in [-0.1, -0.05) is 25.0 Å². The first-order valence-corrected chi connectivity index (χ1v) is 10.6. The number of hydrogen-bond donors (Lipinski definition) is 4. The standard InChI is InChI=1S/C24H35NO5/c1-18(25-17-24(28)20-14-21(26)16-22(27)15-20)6-4-3-5-12-30-13-11-19-7-9-23(29-2)10-8-19/h7-10,14-16,18,24-28H,3-6,11-13,17H2,1-2H3. The van der Waals surface area contributed by atoms with Crippen LogP contribution < -0.4 is 10.1 Å². The predicted molar refractivity (Wildman–Crippen MR) is 118 cm³/mol. The van der Waals surface area contributed by atoms with Crippen molar-refractivity contribution in [2.75, 3.05) is 26.9 Å². The van der Waals surface area contributed by atoms with Crippen LogP contribution >= 0.6 is 0 Å². The van der Waals surface area contributed by atoms with Crippen molar-refractivity contribution < 1.29 is 24.8 Å². The third-order valence-electron chi connectivity index (χ3n) is 5.09. The fraction of sp³-hybridized carbons (Fsp3) is 0.500. The van der Waals surface area contributed by atoms with E-state index in [0.717, 1.165) is 51.1 Å². The van der Waals surface area contributed by atoms with Crippen LogP contribution in [0, 0.1) is 0 Å². The molecule has 6 nitrogen and oxygen atoms in total. The second-order valence-corrected chi connectivity index (χ2v) is 7.67. The molecule has 0 aliphatic carbocycles. The first-order valence-electron chi connectivity index (χ1n) is 10.6. The normalized spacial score (nSPS) is 13.2. The molecule has 2 aromatic carbocycles. The predicted octanol–water partition coefficient (Wildman–Crippen LogP) is 3.94. The van der Waals surface area contributed by atoms with Gasteiger partial charge in [0.25, 0.3) is 0 Å². The van der Waals surface area contributed by atoms with Gasteiger partial charge in [-0.25, -0.2) is 0 Å². The van der Waals surface area contributed by atoms with Crippen LogP contribution in [-0.4, -0.2) is 48.2 Å². The zero-order valence-corrected chi connectivity index (χ0v) is 18.0. The number of aliphatic hydroxyl groups is 1. The Kier molecular flexibility index (Phi) is 10.5. The van der Waals surface area contributed by atoms with Crippen LogP contribution in [0.15, 0.2) is 42.5 Å². The van der Waals surface area contributed by atoms with E-state index in [4.69, 9.17) is 9.47 Å². The van der Waals surface area contributed by atoms with Gasteiger partial charge < -0.3 is 30.1 Å². The van der Waals surface area contributed by atoms with E-state index in [0.29, 0.717) is 12.1 Å². The molecule has 166 valence electrons. The summed E-state index contributed by atoms with van der Waals surface area (Å²) in [6.45, 7) is 3.97. The summed E-state index contributed by atoms with van der Waals surface area (Å²) in [5, 5.41) is 32.5. The highest BCUT2D eigenvalue weighted by molar-refractivity contribution is 5.37. The van der Waals surface area contributed by atoms with Gasteiger partial charge in [-0.15, -0.1) is 0 Å². The molecular weight excluding hydrogens is 382 g/mol. The maximum atomic E-state index is 10.2. The second-order valence-electron chi connectivity index (χ2n) is 7.67. The lowest BCUT2D eigenvalue weighted by molar-refractivity contribution is 0.132. The summed E-state index contributed by atoms with van der Waals surface area (Å²) in [7, 11) is 1.67. The van der Waals surface area contributed by atoms with Crippen LogP contribution in [0.5, 0.6) is 17.2 Å². The van der Waals surface area contributed by atoms with Crippen LogP contribution in [0.2, 0.25) is 0 Å². The molecule has 2 atom stereocenters. The fourth-order valence-electron chi connectivity index (χ4n) is 3.26. The molecule has 0 bridgehead atoms. The number of nitrogens with one attached hydrogen (secondary N) is 1. The zero-order valence-electron chi connectivity index (χ0n) is 18.0. The highest BCUT2D eigenvalue weighted by Gasteiger charge is 2.11. The third-order valence-corrected chi connectivity index (χ3v) is 5.09. The fourth-order valence-corrected chi connectivity index (χ4v) is 3.26. The Morgan fingerprint density at radius 3 is 2.30 bits per heavy atom. The molecule has 0 heterocycles. The van der Waals surface area contributed by atoms with Gasteiger partial charge in [0.2, 0.25) is 0 Å². The first-order chi connectivity index (χ1) is 14.5. The van der Waals surface area contributed by atoms with Crippen LogP contribution in [0.25, 0.3) is 0 Å². The molecule has 0 amide bonds. The van der Waals surface area contributed by atoms with E-state index in [9.17, 15) is 15.3 Å². The third kappa shape index (κ3) is 9.03. The molecular formula is C24H35NO5. The average Bonchev–Trinajstić information content (AvgIpc) is 2.73. The second kappa shape index (κ2) is 13.1. The van der Waals surface area contributed by atoms with Gasteiger partial charge >= 0.3 is 0 Å². The van der Waals surface area contributed by atoms with Gasteiger partial charge in [-0.2, -0.15) is 0 Å². The number of rotatable bonds is 14. The summed E-state index contributed by atoms with van der Waals surface area (Å²) in [5.74, 6) is 0.767. The molecule has 0 spiro atoms. The van der Waals surface area contributed by atoms with E-state index in [-0.39, 0.29) is 17.5 Å². The lowest BCUT2D eigenvalue weighted by Crippen LogP contribution is -2.30. The van der Waals surface area contributed by atoms with Crippen LogP contribution in [0.1, 0.15) is 49.8 Å². The molecule has 0 saturated heterocycles. The molecule has 4 N–H and O–H groups in total. The SMILES string of the molecule is COc1ccc(CCOCCCCCC(C)NCC(O)c2cc(O)cc(O)c2)cc1. The monoisotopic (exact) mass is 417 g/mol. The molecule has 0 radical (unpaired) electrons. The van der Waals surface area contributed by atoms with Crippen LogP contribution in [0.3, 0.4) is 0 Å². The maximum absolute atomic E-state index is 10.2. The van der Waals surface area contributed by atoms with Crippen molar-refractivity contribution in [2.24, 2.45) is 0 Å². The van der Waals surface area contributed by atoms with Crippen molar-refractivity contribution in [3.63, 3.8) is 0 Å². The number of aliphatic hydroxyl groups excluding tert-OH is 1. The number of aromatic hydroxyl groups is 2. The number of phenols is 2. The van der Waals surface area contributed by atoms with Gasteiger partial charge in [-0.05, 0) is 61.6 Å². The van der Waals surface area contributed by atoms with Gasteiger partial charge in [0.05, 0.1) is 19.8 Å². The van der Waals surface area contributed by atoms with Crippen molar-refractivity contribution in [2.45, 2.75) is 51.2 Å². The molecule has 30 heavy (non-hydrogen) atoms. The quantitative estimate of drug-likeness (QED) is 0.348. The van der Waals surface area contributed by atoms with E-state index in [1.54, 1.807) is 7.11 Å². The van der Waals surface area contributed by atoms with E-state index in [1.807, 2.05) is 12.1 Å². The van der Waals surface area contributed by atoms with Gasteiger partial charge in [0.15, 0.2) is 0 Å². The minimum atomic E-state index is -0.774. The summed E-state index contributed by atoms with van der Waals surface area (Å²) in [6, 6.07) is 12.5. The van der Waals surface area contributed by atoms with E-state index < -0.39 is 6.10 Å². The topological polar surface area (TPSA) is 91.2 Å². The molecule has 2 rings (SSSR count). The number of hydrogen-bond acceptors (Lipinski definition) is 6. The average molecular weight is 418 g/mol. The Morgan fingerprint density at radius 1 is 0.933 bits per heavy atom.